The lowest BCUT2D eigenvalue weighted by atomic mass is 10.0. The number of hydrogen-bond acceptors (Lipinski definition) is 8. The van der Waals surface area contributed by atoms with E-state index in [9.17, 15) is 24.5 Å². The molecule has 3 aromatic carbocycles. The van der Waals surface area contributed by atoms with Crippen molar-refractivity contribution in [2.24, 2.45) is 0 Å². The highest BCUT2D eigenvalue weighted by Gasteiger charge is 2.26. The van der Waals surface area contributed by atoms with Crippen LogP contribution in [0.5, 0.6) is 11.5 Å². The summed E-state index contributed by atoms with van der Waals surface area (Å²) in [6.07, 6.45) is 0. The van der Waals surface area contributed by atoms with Crippen LogP contribution in [-0.4, -0.2) is 42.9 Å². The number of methoxy groups -OCH3 is 1. The molecule has 3 aromatic rings. The molecule has 0 aliphatic rings. The minimum Gasteiger partial charge on any atom is -0.493 e. The lowest BCUT2D eigenvalue weighted by Gasteiger charge is -2.12. The molecule has 0 bridgehead atoms. The predicted molar refractivity (Wildman–Crippen MR) is 126 cm³/mol. The number of nitro benzene ring substituents is 1. The Hall–Kier alpha value is -4.73. The van der Waals surface area contributed by atoms with Gasteiger partial charge in [-0.05, 0) is 19.1 Å². The van der Waals surface area contributed by atoms with E-state index in [4.69, 9.17) is 14.2 Å². The third kappa shape index (κ3) is 5.99. The van der Waals surface area contributed by atoms with E-state index >= 15 is 0 Å². The first-order chi connectivity index (χ1) is 16.8. The first-order valence-corrected chi connectivity index (χ1v) is 10.5. The number of rotatable bonds is 10. The zero-order chi connectivity index (χ0) is 25.4. The normalized spacial score (nSPS) is 10.2. The number of ether oxygens (including phenoxy) is 3. The minimum atomic E-state index is -1.09. The number of carbonyl (C=O) groups is 3. The summed E-state index contributed by atoms with van der Waals surface area (Å²) in [7, 11) is 1.31. The number of carbonyl (C=O) groups excluding carboxylic acids is 3. The smallest absolute Gasteiger partial charge is 0.345 e. The molecular formula is C25H22N2O8. The van der Waals surface area contributed by atoms with E-state index in [1.54, 1.807) is 61.5 Å². The second-order valence-electron chi connectivity index (χ2n) is 7.08. The van der Waals surface area contributed by atoms with E-state index in [0.29, 0.717) is 5.56 Å². The third-order valence-corrected chi connectivity index (χ3v) is 4.81. The molecular weight excluding hydrogens is 456 g/mol. The second kappa shape index (κ2) is 11.4. The van der Waals surface area contributed by atoms with Gasteiger partial charge in [0.05, 0.1) is 30.4 Å². The fourth-order valence-corrected chi connectivity index (χ4v) is 3.22. The van der Waals surface area contributed by atoms with Crippen molar-refractivity contribution in [3.8, 4) is 11.5 Å². The van der Waals surface area contributed by atoms with Crippen molar-refractivity contribution in [2.75, 3.05) is 25.6 Å². The monoisotopic (exact) mass is 478 g/mol. The largest absolute Gasteiger partial charge is 0.493 e. The van der Waals surface area contributed by atoms with E-state index < -0.39 is 34.7 Å². The number of benzene rings is 3. The highest BCUT2D eigenvalue weighted by Crippen LogP contribution is 2.35. The molecule has 0 atom stereocenters. The number of nitro groups is 1. The van der Waals surface area contributed by atoms with Gasteiger partial charge in [0.2, 0.25) is 0 Å². The van der Waals surface area contributed by atoms with E-state index in [2.05, 4.69) is 5.32 Å². The lowest BCUT2D eigenvalue weighted by Crippen LogP contribution is -2.22. The van der Waals surface area contributed by atoms with Crippen molar-refractivity contribution in [1.82, 2.24) is 0 Å². The van der Waals surface area contributed by atoms with E-state index in [1.807, 2.05) is 0 Å². The number of esters is 1. The number of hydrogen-bond donors (Lipinski definition) is 1. The molecule has 0 aliphatic heterocycles. The van der Waals surface area contributed by atoms with Crippen molar-refractivity contribution in [1.29, 1.82) is 0 Å². The van der Waals surface area contributed by atoms with Gasteiger partial charge < -0.3 is 19.5 Å². The summed E-state index contributed by atoms with van der Waals surface area (Å²) < 4.78 is 15.4. The van der Waals surface area contributed by atoms with Gasteiger partial charge >= 0.3 is 5.97 Å². The number of ketones is 1. The molecule has 1 N–H and O–H groups in total. The van der Waals surface area contributed by atoms with Crippen molar-refractivity contribution >= 4 is 29.0 Å². The molecule has 0 aliphatic carbocycles. The quantitative estimate of drug-likeness (QED) is 0.200. The fourth-order valence-electron chi connectivity index (χ4n) is 3.22. The van der Waals surface area contributed by atoms with Crippen molar-refractivity contribution in [3.05, 3.63) is 93.5 Å². The molecule has 0 radical (unpaired) electrons. The summed E-state index contributed by atoms with van der Waals surface area (Å²) in [6.45, 7) is 1.19. The Morgan fingerprint density at radius 1 is 0.943 bits per heavy atom. The summed E-state index contributed by atoms with van der Waals surface area (Å²) >= 11 is 0. The first-order valence-electron chi connectivity index (χ1n) is 10.5. The molecule has 0 heterocycles. The average Bonchev–Trinajstić information content (AvgIpc) is 2.87. The number of anilines is 1. The zero-order valence-corrected chi connectivity index (χ0v) is 19.0. The predicted octanol–water partition coefficient (Wildman–Crippen LogP) is 4.03. The molecule has 1 amide bonds. The Labute approximate surface area is 200 Å². The van der Waals surface area contributed by atoms with Crippen LogP contribution in [0.25, 0.3) is 0 Å². The summed E-state index contributed by atoms with van der Waals surface area (Å²) in [5.41, 5.74) is -0.0271. The van der Waals surface area contributed by atoms with Gasteiger partial charge in [-0.1, -0.05) is 42.5 Å². The van der Waals surface area contributed by atoms with E-state index in [0.717, 1.165) is 12.1 Å². The molecule has 10 nitrogen and oxygen atoms in total. The Morgan fingerprint density at radius 3 is 2.29 bits per heavy atom. The van der Waals surface area contributed by atoms with Crippen LogP contribution in [-0.2, 0) is 9.53 Å². The number of amides is 1. The van der Waals surface area contributed by atoms with Gasteiger partial charge in [-0.15, -0.1) is 0 Å². The van der Waals surface area contributed by atoms with Gasteiger partial charge in [0, 0.05) is 17.2 Å². The summed E-state index contributed by atoms with van der Waals surface area (Å²) in [5.74, 6) is -1.93. The molecule has 0 fully saturated rings. The first kappa shape index (κ1) is 24.9. The van der Waals surface area contributed by atoms with Gasteiger partial charge in [-0.3, -0.25) is 19.7 Å². The number of nitrogens with one attached hydrogen (secondary N) is 1. The van der Waals surface area contributed by atoms with Crippen LogP contribution in [0.3, 0.4) is 0 Å². The maximum atomic E-state index is 12.8. The van der Waals surface area contributed by atoms with E-state index in [-0.39, 0.29) is 35.1 Å². The Bertz CT molecular complexity index is 1260. The SMILES string of the molecule is CCOc1cc(C(=O)OCC(=O)Nc2ccccc2C(=O)c2ccccc2)c([N+](=O)[O-])cc1OC. The van der Waals surface area contributed by atoms with Crippen molar-refractivity contribution in [2.45, 2.75) is 6.92 Å². The van der Waals surface area contributed by atoms with Gasteiger partial charge in [-0.2, -0.15) is 0 Å². The maximum absolute atomic E-state index is 12.8. The number of para-hydroxylation sites is 1. The van der Waals surface area contributed by atoms with Gasteiger partial charge in [-0.25, -0.2) is 4.79 Å². The van der Waals surface area contributed by atoms with Crippen LogP contribution in [0.2, 0.25) is 0 Å². The molecule has 0 aromatic heterocycles. The zero-order valence-electron chi connectivity index (χ0n) is 19.0. The van der Waals surface area contributed by atoms with Crippen LogP contribution in [0.1, 0.15) is 33.2 Å². The molecule has 0 saturated carbocycles. The lowest BCUT2D eigenvalue weighted by molar-refractivity contribution is -0.385. The molecule has 3 rings (SSSR count). The highest BCUT2D eigenvalue weighted by atomic mass is 16.6. The van der Waals surface area contributed by atoms with Crippen LogP contribution >= 0.6 is 0 Å². The number of nitrogens with zero attached hydrogens (tertiary/aromatic N) is 1. The fraction of sp³-hybridized carbons (Fsp3) is 0.160. The average molecular weight is 478 g/mol. The van der Waals surface area contributed by atoms with Crippen LogP contribution in [0, 0.1) is 10.1 Å². The standard InChI is InChI=1S/C25H22N2O8/c1-3-34-22-13-18(20(27(31)32)14-21(22)33-2)25(30)35-15-23(28)26-19-12-8-7-11-17(19)24(29)16-9-5-4-6-10-16/h4-14H,3,15H2,1-2H3,(H,26,28). The second-order valence-corrected chi connectivity index (χ2v) is 7.08. The van der Waals surface area contributed by atoms with Gasteiger partial charge in [0.25, 0.3) is 11.6 Å². The summed E-state index contributed by atoms with van der Waals surface area (Å²) in [4.78, 5) is 48.6. The molecule has 35 heavy (non-hydrogen) atoms. The van der Waals surface area contributed by atoms with Gasteiger partial charge in [0.1, 0.15) is 5.56 Å². The van der Waals surface area contributed by atoms with E-state index in [1.165, 1.54) is 7.11 Å². The Balaban J connectivity index is 1.75. The summed E-state index contributed by atoms with van der Waals surface area (Å²) in [6, 6.07) is 17.1. The topological polar surface area (TPSA) is 134 Å². The minimum absolute atomic E-state index is 0.0764. The Kier molecular flexibility index (Phi) is 8.12. The molecule has 180 valence electrons. The Morgan fingerprint density at radius 2 is 1.63 bits per heavy atom. The van der Waals surface area contributed by atoms with Crippen LogP contribution < -0.4 is 14.8 Å². The van der Waals surface area contributed by atoms with Crippen molar-refractivity contribution in [3.63, 3.8) is 0 Å². The van der Waals surface area contributed by atoms with Gasteiger partial charge in [0.15, 0.2) is 23.9 Å². The van der Waals surface area contributed by atoms with Crippen LogP contribution in [0.15, 0.2) is 66.7 Å². The third-order valence-electron chi connectivity index (χ3n) is 4.81. The molecule has 0 unspecified atom stereocenters. The summed E-state index contributed by atoms with van der Waals surface area (Å²) in [5, 5.41) is 14.0. The van der Waals surface area contributed by atoms with Crippen LogP contribution in [0.4, 0.5) is 11.4 Å². The maximum Gasteiger partial charge on any atom is 0.345 e. The molecule has 0 spiro atoms. The van der Waals surface area contributed by atoms with Crippen molar-refractivity contribution < 1.29 is 33.5 Å². The highest BCUT2D eigenvalue weighted by molar-refractivity contribution is 6.14. The molecule has 10 heteroatoms. The molecule has 0 saturated heterocycles.